The Hall–Kier alpha value is -1.67. The minimum absolute atomic E-state index is 0.0279. The SMILES string of the molecule is CN1CC(C)(c2cc(N)ccc2F)N=C(N)C(C)(C)S1(=O)=O. The highest BCUT2D eigenvalue weighted by Crippen LogP contribution is 2.36. The summed E-state index contributed by atoms with van der Waals surface area (Å²) < 4.78 is 39.2. The monoisotopic (exact) mass is 328 g/mol. The summed E-state index contributed by atoms with van der Waals surface area (Å²) in [4.78, 5) is 4.36. The predicted molar refractivity (Wildman–Crippen MR) is 85.4 cm³/mol. The van der Waals surface area contributed by atoms with Crippen molar-refractivity contribution < 1.29 is 12.8 Å². The van der Waals surface area contributed by atoms with Gasteiger partial charge >= 0.3 is 0 Å². The van der Waals surface area contributed by atoms with E-state index in [0.29, 0.717) is 5.69 Å². The molecule has 0 aliphatic carbocycles. The molecule has 1 atom stereocenters. The Balaban J connectivity index is 2.71. The van der Waals surface area contributed by atoms with E-state index >= 15 is 0 Å². The maximum Gasteiger partial charge on any atom is 0.226 e. The lowest BCUT2D eigenvalue weighted by Crippen LogP contribution is -2.50. The van der Waals surface area contributed by atoms with Crippen molar-refractivity contribution in [1.29, 1.82) is 0 Å². The highest BCUT2D eigenvalue weighted by molar-refractivity contribution is 7.91. The number of nitrogens with two attached hydrogens (primary N) is 2. The maximum absolute atomic E-state index is 14.2. The fraction of sp³-hybridized carbons (Fsp3) is 0.500. The highest BCUT2D eigenvalue weighted by Gasteiger charge is 2.48. The number of hydrogen-bond donors (Lipinski definition) is 2. The number of benzene rings is 1. The summed E-state index contributed by atoms with van der Waals surface area (Å²) in [6.07, 6.45) is 0. The van der Waals surface area contributed by atoms with Crippen LogP contribution in [0.15, 0.2) is 23.2 Å². The van der Waals surface area contributed by atoms with Crippen LogP contribution in [0, 0.1) is 5.82 Å². The standard InChI is InChI=1S/C14H21FN4O2S/c1-13(2)12(17)18-14(3,8-19(4)22(13,20)21)10-7-9(16)5-6-11(10)15/h5-7H,8,16H2,1-4H3,(H2,17,18). The van der Waals surface area contributed by atoms with Crippen LogP contribution in [0.5, 0.6) is 0 Å². The zero-order valence-electron chi connectivity index (χ0n) is 13.1. The largest absolute Gasteiger partial charge is 0.399 e. The molecule has 1 aromatic rings. The molecule has 1 aliphatic rings. The lowest BCUT2D eigenvalue weighted by Gasteiger charge is -2.29. The highest BCUT2D eigenvalue weighted by atomic mass is 32.2. The lowest BCUT2D eigenvalue weighted by atomic mass is 9.91. The third kappa shape index (κ3) is 2.36. The second-order valence-corrected chi connectivity index (χ2v) is 8.88. The van der Waals surface area contributed by atoms with Crippen molar-refractivity contribution in [3.8, 4) is 0 Å². The number of hydrogen-bond acceptors (Lipinski definition) is 5. The van der Waals surface area contributed by atoms with Crippen molar-refractivity contribution in [3.63, 3.8) is 0 Å². The van der Waals surface area contributed by atoms with Gasteiger partial charge in [-0.3, -0.25) is 4.99 Å². The predicted octanol–water partition coefficient (Wildman–Crippen LogP) is 1.03. The van der Waals surface area contributed by atoms with Gasteiger partial charge in [-0.2, -0.15) is 0 Å². The van der Waals surface area contributed by atoms with Gasteiger partial charge in [-0.05, 0) is 39.0 Å². The topological polar surface area (TPSA) is 102 Å². The van der Waals surface area contributed by atoms with Gasteiger partial charge in [-0.1, -0.05) is 0 Å². The molecule has 0 aromatic heterocycles. The summed E-state index contributed by atoms with van der Waals surface area (Å²) in [5, 5.41) is 0. The number of nitrogen functional groups attached to an aromatic ring is 1. The Morgan fingerprint density at radius 2 is 1.86 bits per heavy atom. The van der Waals surface area contributed by atoms with Crippen LogP contribution in [-0.2, 0) is 15.6 Å². The van der Waals surface area contributed by atoms with Gasteiger partial charge in [0.15, 0.2) is 0 Å². The number of aliphatic imine (C=N–C) groups is 1. The van der Waals surface area contributed by atoms with Gasteiger partial charge in [0.25, 0.3) is 0 Å². The molecule has 0 saturated carbocycles. The van der Waals surface area contributed by atoms with Crippen LogP contribution in [0.4, 0.5) is 10.1 Å². The van der Waals surface area contributed by atoms with E-state index in [9.17, 15) is 12.8 Å². The molecule has 0 spiro atoms. The summed E-state index contributed by atoms with van der Waals surface area (Å²) >= 11 is 0. The van der Waals surface area contributed by atoms with Gasteiger partial charge in [0.05, 0.1) is 0 Å². The molecule has 6 nitrogen and oxygen atoms in total. The first-order chi connectivity index (χ1) is 9.92. The van der Waals surface area contributed by atoms with Gasteiger partial charge in [0, 0.05) is 24.8 Å². The van der Waals surface area contributed by atoms with E-state index in [-0.39, 0.29) is 17.9 Å². The average molecular weight is 328 g/mol. The number of amidine groups is 1. The quantitative estimate of drug-likeness (QED) is 0.752. The number of rotatable bonds is 1. The molecule has 8 heteroatoms. The van der Waals surface area contributed by atoms with E-state index in [4.69, 9.17) is 11.5 Å². The third-order valence-electron chi connectivity index (χ3n) is 4.14. The van der Waals surface area contributed by atoms with Crippen molar-refractivity contribution in [2.45, 2.75) is 31.1 Å². The minimum Gasteiger partial charge on any atom is -0.399 e. The molecular weight excluding hydrogens is 307 g/mol. The Morgan fingerprint density at radius 1 is 1.27 bits per heavy atom. The third-order valence-corrected chi connectivity index (χ3v) is 6.59. The van der Waals surface area contributed by atoms with Crippen molar-refractivity contribution in [1.82, 2.24) is 4.31 Å². The average Bonchev–Trinajstić information content (AvgIpc) is 2.43. The van der Waals surface area contributed by atoms with Crippen LogP contribution < -0.4 is 11.5 Å². The molecule has 0 fully saturated rings. The van der Waals surface area contributed by atoms with E-state index < -0.39 is 26.1 Å². The zero-order valence-corrected chi connectivity index (χ0v) is 13.9. The molecule has 1 heterocycles. The normalized spacial score (nSPS) is 28.0. The first kappa shape index (κ1) is 16.7. The van der Waals surface area contributed by atoms with Crippen LogP contribution in [-0.4, -0.2) is 36.9 Å². The molecule has 0 bridgehead atoms. The Morgan fingerprint density at radius 3 is 2.45 bits per heavy atom. The summed E-state index contributed by atoms with van der Waals surface area (Å²) in [5.74, 6) is -0.556. The number of sulfonamides is 1. The van der Waals surface area contributed by atoms with Gasteiger partial charge < -0.3 is 11.5 Å². The molecular formula is C14H21FN4O2S. The van der Waals surface area contributed by atoms with Crippen molar-refractivity contribution in [2.24, 2.45) is 10.7 Å². The van der Waals surface area contributed by atoms with E-state index in [1.807, 2.05) is 0 Å². The maximum atomic E-state index is 14.2. The number of nitrogens with zero attached hydrogens (tertiary/aromatic N) is 2. The Bertz CT molecular complexity index is 745. The molecule has 0 amide bonds. The Labute approximate surface area is 130 Å². The van der Waals surface area contributed by atoms with Crippen LogP contribution in [0.25, 0.3) is 0 Å². The molecule has 1 unspecified atom stereocenters. The van der Waals surface area contributed by atoms with Crippen LogP contribution in [0.1, 0.15) is 26.3 Å². The Kier molecular flexibility index (Phi) is 3.73. The molecule has 0 radical (unpaired) electrons. The van der Waals surface area contributed by atoms with E-state index in [2.05, 4.69) is 4.99 Å². The lowest BCUT2D eigenvalue weighted by molar-refractivity contribution is 0.355. The first-order valence-corrected chi connectivity index (χ1v) is 8.23. The van der Waals surface area contributed by atoms with Crippen molar-refractivity contribution in [3.05, 3.63) is 29.6 Å². The van der Waals surface area contributed by atoms with Gasteiger partial charge in [-0.15, -0.1) is 0 Å². The number of likely N-dealkylation sites (N-methyl/N-ethyl adjacent to an activating group) is 1. The zero-order chi connectivity index (χ0) is 16.9. The fourth-order valence-electron chi connectivity index (χ4n) is 2.58. The first-order valence-electron chi connectivity index (χ1n) is 6.79. The number of halogens is 1. The summed E-state index contributed by atoms with van der Waals surface area (Å²) in [5.41, 5.74) is 11.1. The van der Waals surface area contributed by atoms with Gasteiger partial charge in [-0.25, -0.2) is 17.1 Å². The molecule has 2 rings (SSSR count). The molecule has 1 aliphatic heterocycles. The molecule has 122 valence electrons. The van der Waals surface area contributed by atoms with Crippen LogP contribution >= 0.6 is 0 Å². The van der Waals surface area contributed by atoms with Crippen molar-refractivity contribution >= 4 is 21.5 Å². The van der Waals surface area contributed by atoms with Crippen LogP contribution in [0.2, 0.25) is 0 Å². The van der Waals surface area contributed by atoms with E-state index in [0.717, 1.165) is 0 Å². The smallest absolute Gasteiger partial charge is 0.226 e. The van der Waals surface area contributed by atoms with Gasteiger partial charge in [0.1, 0.15) is 21.9 Å². The van der Waals surface area contributed by atoms with E-state index in [1.165, 1.54) is 43.4 Å². The van der Waals surface area contributed by atoms with E-state index in [1.54, 1.807) is 6.92 Å². The second kappa shape index (κ2) is 4.92. The van der Waals surface area contributed by atoms with Crippen molar-refractivity contribution in [2.75, 3.05) is 19.3 Å². The van der Waals surface area contributed by atoms with Crippen LogP contribution in [0.3, 0.4) is 0 Å². The molecule has 22 heavy (non-hydrogen) atoms. The summed E-state index contributed by atoms with van der Waals surface area (Å²) in [6, 6.07) is 4.15. The summed E-state index contributed by atoms with van der Waals surface area (Å²) in [7, 11) is -2.27. The second-order valence-electron chi connectivity index (χ2n) is 6.28. The fourth-order valence-corrected chi connectivity index (χ4v) is 4.09. The number of anilines is 1. The summed E-state index contributed by atoms with van der Waals surface area (Å²) in [6.45, 7) is 4.59. The molecule has 4 N–H and O–H groups in total. The minimum atomic E-state index is -3.70. The van der Waals surface area contributed by atoms with Gasteiger partial charge in [0.2, 0.25) is 10.0 Å². The molecule has 1 aromatic carbocycles. The molecule has 0 saturated heterocycles.